The normalized spacial score (nSPS) is 13.6. The van der Waals surface area contributed by atoms with E-state index >= 15 is 0 Å². The van der Waals surface area contributed by atoms with Crippen LogP contribution >= 0.6 is 0 Å². The zero-order valence-corrected chi connectivity index (χ0v) is 17.2. The summed E-state index contributed by atoms with van der Waals surface area (Å²) in [6.45, 7) is 2.40. The van der Waals surface area contributed by atoms with Gasteiger partial charge >= 0.3 is 0 Å². The van der Waals surface area contributed by atoms with Crippen LogP contribution in [-0.2, 0) is 4.79 Å². The van der Waals surface area contributed by atoms with Crippen molar-refractivity contribution in [1.29, 1.82) is 0 Å². The lowest BCUT2D eigenvalue weighted by Crippen LogP contribution is -2.33. The molecular formula is C26H28N2O2. The van der Waals surface area contributed by atoms with Crippen molar-refractivity contribution >= 4 is 23.1 Å². The second kappa shape index (κ2) is 10.5. The summed E-state index contributed by atoms with van der Waals surface area (Å²) in [5.41, 5.74) is 9.80. The molecule has 154 valence electrons. The van der Waals surface area contributed by atoms with Gasteiger partial charge in [0.2, 0.25) is 0 Å². The van der Waals surface area contributed by atoms with E-state index in [0.717, 1.165) is 16.7 Å². The number of aliphatic hydroxyl groups excluding tert-OH is 1. The highest BCUT2D eigenvalue weighted by molar-refractivity contribution is 6.25. The smallest absolute Gasteiger partial charge is 0.164 e. The first-order chi connectivity index (χ1) is 14.5. The Labute approximate surface area is 178 Å². The summed E-state index contributed by atoms with van der Waals surface area (Å²) in [4.78, 5) is 13.0. The number of aliphatic hydroxyl groups is 1. The molecule has 4 heteroatoms. The second-order valence-electron chi connectivity index (χ2n) is 7.36. The quantitative estimate of drug-likeness (QED) is 0.281. The van der Waals surface area contributed by atoms with Crippen LogP contribution in [0, 0.1) is 0 Å². The van der Waals surface area contributed by atoms with Gasteiger partial charge in [-0.2, -0.15) is 0 Å². The number of carbonyl (C=O) groups excluding carboxylic acids is 1. The lowest BCUT2D eigenvalue weighted by molar-refractivity contribution is -0.113. The Morgan fingerprint density at radius 3 is 2.20 bits per heavy atom. The van der Waals surface area contributed by atoms with E-state index in [2.05, 4.69) is 5.32 Å². The number of anilines is 1. The minimum Gasteiger partial charge on any atom is -0.399 e. The number of rotatable bonds is 9. The number of nitrogens with two attached hydrogens (primary N) is 1. The van der Waals surface area contributed by atoms with Crippen molar-refractivity contribution in [2.45, 2.75) is 25.5 Å². The minimum atomic E-state index is -0.625. The van der Waals surface area contributed by atoms with Gasteiger partial charge in [0.25, 0.3) is 0 Å². The molecule has 0 aliphatic heterocycles. The Bertz CT molecular complexity index is 967. The van der Waals surface area contributed by atoms with E-state index in [-0.39, 0.29) is 11.8 Å². The van der Waals surface area contributed by atoms with Crippen molar-refractivity contribution in [3.8, 4) is 0 Å². The summed E-state index contributed by atoms with van der Waals surface area (Å²) in [5, 5.41) is 13.8. The average molecular weight is 401 g/mol. The number of nitrogen functional groups attached to an aromatic ring is 1. The summed E-state index contributed by atoms with van der Waals surface area (Å²) in [5.74, 6) is 0.0481. The van der Waals surface area contributed by atoms with E-state index in [1.54, 1.807) is 0 Å². The van der Waals surface area contributed by atoms with Gasteiger partial charge in [0.15, 0.2) is 5.78 Å². The van der Waals surface area contributed by atoms with Crippen LogP contribution in [0.15, 0.2) is 84.9 Å². The highest BCUT2D eigenvalue weighted by Crippen LogP contribution is 2.21. The molecule has 0 amide bonds. The van der Waals surface area contributed by atoms with Crippen molar-refractivity contribution in [3.63, 3.8) is 0 Å². The number of Topliss-reactive ketones (excluding diaryl/α,β-unsaturated/α-hetero) is 1. The molecule has 0 saturated heterocycles. The zero-order valence-electron chi connectivity index (χ0n) is 17.2. The summed E-state index contributed by atoms with van der Waals surface area (Å²) < 4.78 is 0. The number of nitrogens with one attached hydrogen (secondary N) is 1. The Morgan fingerprint density at radius 1 is 0.967 bits per heavy atom. The summed E-state index contributed by atoms with van der Waals surface area (Å²) in [7, 11) is 0. The van der Waals surface area contributed by atoms with Crippen LogP contribution in [0.2, 0.25) is 0 Å². The van der Waals surface area contributed by atoms with Gasteiger partial charge in [0.05, 0.1) is 6.10 Å². The van der Waals surface area contributed by atoms with Crippen molar-refractivity contribution in [2.24, 2.45) is 0 Å². The van der Waals surface area contributed by atoms with Crippen molar-refractivity contribution in [1.82, 2.24) is 5.32 Å². The highest BCUT2D eigenvalue weighted by atomic mass is 16.3. The number of hydrogen-bond acceptors (Lipinski definition) is 4. The molecule has 4 nitrogen and oxygen atoms in total. The summed E-state index contributed by atoms with van der Waals surface area (Å²) >= 11 is 0. The molecule has 0 aliphatic rings. The fourth-order valence-electron chi connectivity index (χ4n) is 3.30. The van der Waals surface area contributed by atoms with E-state index in [4.69, 9.17) is 5.73 Å². The molecule has 4 N–H and O–H groups in total. The summed E-state index contributed by atoms with van der Waals surface area (Å²) in [6, 6.07) is 26.5. The second-order valence-corrected chi connectivity index (χ2v) is 7.36. The van der Waals surface area contributed by atoms with Gasteiger partial charge < -0.3 is 16.2 Å². The van der Waals surface area contributed by atoms with Crippen LogP contribution in [0.1, 0.15) is 36.1 Å². The van der Waals surface area contributed by atoms with E-state index in [1.807, 2.05) is 97.9 Å². The molecule has 0 bridgehead atoms. The first kappa shape index (κ1) is 21.5. The van der Waals surface area contributed by atoms with Gasteiger partial charge in [0, 0.05) is 30.3 Å². The van der Waals surface area contributed by atoms with Gasteiger partial charge in [-0.25, -0.2) is 0 Å². The van der Waals surface area contributed by atoms with Gasteiger partial charge in [-0.1, -0.05) is 72.8 Å². The maximum absolute atomic E-state index is 13.0. The molecule has 2 atom stereocenters. The molecule has 3 aromatic carbocycles. The fraction of sp³-hybridized carbons (Fsp3) is 0.192. The number of carbonyl (C=O) groups is 1. The third kappa shape index (κ3) is 5.89. The fourth-order valence-corrected chi connectivity index (χ4v) is 3.30. The molecule has 3 rings (SSSR count). The van der Waals surface area contributed by atoms with Crippen molar-refractivity contribution in [2.75, 3.05) is 12.3 Å². The Hall–Kier alpha value is -3.21. The largest absolute Gasteiger partial charge is 0.399 e. The van der Waals surface area contributed by atoms with Gasteiger partial charge in [-0.3, -0.25) is 4.79 Å². The van der Waals surface area contributed by atoms with E-state index in [9.17, 15) is 9.90 Å². The first-order valence-corrected chi connectivity index (χ1v) is 10.2. The SMILES string of the molecule is CC(NCCC(=O)/C(=C/c1ccc(N)cc1)c1ccccc1)C(O)c1ccccc1. The molecule has 2 unspecified atom stereocenters. The predicted molar refractivity (Wildman–Crippen MR) is 124 cm³/mol. The molecule has 30 heavy (non-hydrogen) atoms. The Kier molecular flexibility index (Phi) is 7.55. The Balaban J connectivity index is 1.67. The van der Waals surface area contributed by atoms with Crippen molar-refractivity contribution < 1.29 is 9.90 Å². The van der Waals surface area contributed by atoms with Crippen LogP contribution in [0.4, 0.5) is 5.69 Å². The molecule has 0 fully saturated rings. The van der Waals surface area contributed by atoms with Crippen molar-refractivity contribution in [3.05, 3.63) is 102 Å². The number of benzene rings is 3. The van der Waals surface area contributed by atoms with Gasteiger partial charge in [-0.05, 0) is 41.8 Å². The molecule has 3 aromatic rings. The number of allylic oxidation sites excluding steroid dienone is 1. The molecular weight excluding hydrogens is 372 g/mol. The first-order valence-electron chi connectivity index (χ1n) is 10.2. The zero-order chi connectivity index (χ0) is 21.3. The average Bonchev–Trinajstić information content (AvgIpc) is 2.79. The topological polar surface area (TPSA) is 75.4 Å². The molecule has 0 spiro atoms. The van der Waals surface area contributed by atoms with Crippen LogP contribution < -0.4 is 11.1 Å². The standard InChI is InChI=1S/C26H28N2O2/c1-19(26(30)22-10-6-3-7-11-22)28-17-16-25(29)24(21-8-4-2-5-9-21)18-20-12-14-23(27)15-13-20/h2-15,18-19,26,28,30H,16-17,27H2,1H3/b24-18+. The molecule has 0 aliphatic carbocycles. The van der Waals surface area contributed by atoms with Gasteiger partial charge in [-0.15, -0.1) is 0 Å². The lowest BCUT2D eigenvalue weighted by atomic mass is 9.97. The Morgan fingerprint density at radius 2 is 1.57 bits per heavy atom. The van der Waals surface area contributed by atoms with Crippen LogP contribution in [0.25, 0.3) is 11.6 Å². The molecule has 0 saturated carbocycles. The number of hydrogen-bond donors (Lipinski definition) is 3. The maximum Gasteiger partial charge on any atom is 0.164 e. The van der Waals surface area contributed by atoms with E-state index in [1.165, 1.54) is 0 Å². The van der Waals surface area contributed by atoms with E-state index < -0.39 is 6.10 Å². The third-order valence-corrected chi connectivity index (χ3v) is 5.07. The van der Waals surface area contributed by atoms with E-state index in [0.29, 0.717) is 24.2 Å². The van der Waals surface area contributed by atoms with Crippen LogP contribution in [0.3, 0.4) is 0 Å². The third-order valence-electron chi connectivity index (χ3n) is 5.07. The summed E-state index contributed by atoms with van der Waals surface area (Å²) in [6.07, 6.45) is 1.61. The lowest BCUT2D eigenvalue weighted by Gasteiger charge is -2.20. The minimum absolute atomic E-state index is 0.0481. The monoisotopic (exact) mass is 400 g/mol. The molecule has 0 radical (unpaired) electrons. The van der Waals surface area contributed by atoms with Gasteiger partial charge in [0.1, 0.15) is 0 Å². The van der Waals surface area contributed by atoms with Crippen LogP contribution in [-0.4, -0.2) is 23.5 Å². The highest BCUT2D eigenvalue weighted by Gasteiger charge is 2.17. The maximum atomic E-state index is 13.0. The number of ketones is 1. The van der Waals surface area contributed by atoms with Crippen LogP contribution in [0.5, 0.6) is 0 Å². The predicted octanol–water partition coefficient (Wildman–Crippen LogP) is 4.48. The molecule has 0 aromatic heterocycles. The molecule has 0 heterocycles.